The molecule has 6 unspecified atom stereocenters. The van der Waals surface area contributed by atoms with Gasteiger partial charge in [-0.3, -0.25) is 56.5 Å². The van der Waals surface area contributed by atoms with Gasteiger partial charge in [-0.1, -0.05) is 38.3 Å². The number of aliphatic hydroxyl groups is 3. The quantitative estimate of drug-likeness (QED) is 0.0649. The standard InChI is InChI=1S/C20H24N10O9P2S3.2C19H22FN11O9P2S3/c21-7-1-2-24-29-8(4-23-16(7)29)9-3-10-11(37-9)5-35-41(34,43)39-15-14(31)12(6-36-40(33,42)38-10)44-19(15)30-17-13(27-28-30)18(32)26-20(22)25-17;2*20-8-12-6(38-17(8)30-14-9(26-28-30)5(21)1-2-23-14)3-36-41(34,43)40-13-11(32)7(4-37-42(35,44)39-12)45-18(13)31-15-10(27-29-31)16(33)25-19(22)24-15/h1-2,4,9-12,14-15,19,31H,3,5-6,21H2,(H,33,42)(H,34,43)(H3,22,25,26,32);2*1-2,6-8,11-13,17-18,32H,3-4H2,(H2,21,23)(H,34,43)(H,35,44)(H3,22,24,25,33)/t9-,10+,11-,12-,14-,15-,19-,40?,41?;2*6-,7-,8+,11-,12-,13-,17-,18-,41?,42?/m111/s1. The van der Waals surface area contributed by atoms with Crippen molar-refractivity contribution in [2.75, 3.05) is 74.0 Å². The van der Waals surface area contributed by atoms with Crippen molar-refractivity contribution in [2.45, 2.75) is 142 Å². The van der Waals surface area contributed by atoms with Crippen LogP contribution in [0.25, 0.3) is 61.5 Å². The predicted octanol–water partition coefficient (Wildman–Crippen LogP) is -1.74. The molecular formula is C58H68F2N32O27P6S9. The van der Waals surface area contributed by atoms with E-state index in [4.69, 9.17) is 162 Å². The summed E-state index contributed by atoms with van der Waals surface area (Å²) in [5, 5.41) is 71.6. The van der Waals surface area contributed by atoms with Crippen molar-refractivity contribution < 1.29 is 122 Å². The van der Waals surface area contributed by atoms with Gasteiger partial charge in [0.05, 0.1) is 115 Å². The SMILES string of the molecule is Nc1nc2c(nnn2[C@@H]2S[C@@H]3COP(=O)(S)O[C@H]4[C@H](F)[C@H](n5nnc6c(N)ccnc65)O[C@@H]4COP(O)(=S)O[C@@H]2[C@@H]3O)c(=O)[nH]1.Nc1nc2c(nnn2[C@@H]2S[C@@H]3COP(O)(=S)O[C@H]4C[C@H](c5cnc6c(N)ccnn56)O[C@@H]4COP(O)(=S)O[C@@H]2[C@@H]3O)c(=O)[nH]1.Nc1nc2c(nnn2[C@@H]2S[C@@H]3COP(O)(=S)O[C@H]4[C@H](F)[C@H](n5nnc6c(N)ccnc65)O[C@@H]4COP(O)(=S)O[C@@H]2[C@@H]3O)c(=O)[nH]1. The third-order valence-electron chi connectivity index (χ3n) is 21.5. The molecule has 23 N–H and O–H groups in total. The summed E-state index contributed by atoms with van der Waals surface area (Å²) in [5.41, 5.74) is 35.1. The smallest absolute Gasteiger partial charge is 0.386 e. The Morgan fingerprint density at radius 1 is 0.425 bits per heavy atom. The molecule has 21 heterocycles. The number of nitrogen functional groups attached to an aromatic ring is 6. The predicted molar refractivity (Wildman–Crippen MR) is 481 cm³/mol. The summed E-state index contributed by atoms with van der Waals surface area (Å²) in [7, 11) is 0. The lowest BCUT2D eigenvalue weighted by atomic mass is 10.1. The summed E-state index contributed by atoms with van der Waals surface area (Å²) in [6.45, 7) is -27.8. The first kappa shape index (κ1) is 96.1. The van der Waals surface area contributed by atoms with Crippen molar-refractivity contribution in [1.29, 1.82) is 0 Å². The van der Waals surface area contributed by atoms with Gasteiger partial charge in [0.1, 0.15) is 71.1 Å². The molecule has 0 aliphatic carbocycles. The van der Waals surface area contributed by atoms with E-state index in [0.29, 0.717) is 17.0 Å². The highest BCUT2D eigenvalue weighted by atomic mass is 32.7. The molecule has 9 saturated heterocycles. The first-order chi connectivity index (χ1) is 63.5. The minimum atomic E-state index is -4.36. The molecule has 12 aromatic rings. The average molecular weight is 2160 g/mol. The Morgan fingerprint density at radius 2 is 0.784 bits per heavy atom. The minimum Gasteiger partial charge on any atom is -0.397 e. The molecule has 9 aliphatic rings. The van der Waals surface area contributed by atoms with E-state index < -0.39 is 220 Å². The molecule has 0 amide bonds. The maximum atomic E-state index is 16.0. The van der Waals surface area contributed by atoms with Gasteiger partial charge in [-0.2, -0.15) is 29.4 Å². The maximum absolute atomic E-state index is 16.0. The van der Waals surface area contributed by atoms with Crippen molar-refractivity contribution in [3.8, 4) is 0 Å². The van der Waals surface area contributed by atoms with E-state index in [1.807, 2.05) is 0 Å². The molecule has 12 aromatic heterocycles. The van der Waals surface area contributed by atoms with E-state index in [1.165, 1.54) is 44.6 Å². The lowest BCUT2D eigenvalue weighted by Crippen LogP contribution is -2.35. The third-order valence-corrected chi connectivity index (χ3v) is 35.4. The molecule has 21 rings (SSSR count). The lowest BCUT2D eigenvalue weighted by molar-refractivity contribution is -0.0503. The number of nitrogens with zero attached hydrogens (tertiary/aromatic N) is 23. The van der Waals surface area contributed by atoms with Gasteiger partial charge in [0.25, 0.3) is 16.7 Å². The largest absolute Gasteiger partial charge is 0.397 e. The average Bonchev–Trinajstić information content (AvgIpc) is 1.61. The van der Waals surface area contributed by atoms with E-state index in [-0.39, 0.29) is 105 Å². The second-order valence-electron chi connectivity index (χ2n) is 30.1. The van der Waals surface area contributed by atoms with Gasteiger partial charge in [0.2, 0.25) is 17.8 Å². The van der Waals surface area contributed by atoms with Gasteiger partial charge in [0, 0.05) is 18.8 Å². The maximum Gasteiger partial charge on any atom is 0.386 e. The number of nitrogens with one attached hydrogen (secondary N) is 3. The number of aliphatic hydroxyl groups excluding tert-OH is 3. The van der Waals surface area contributed by atoms with Crippen molar-refractivity contribution >= 4 is 243 Å². The van der Waals surface area contributed by atoms with Crippen molar-refractivity contribution in [1.82, 2.24) is 129 Å². The van der Waals surface area contributed by atoms with Gasteiger partial charge in [-0.25, -0.2) is 46.9 Å². The monoisotopic (exact) mass is 2160 g/mol. The molecular weight excluding hydrogens is 2090 g/mol. The lowest BCUT2D eigenvalue weighted by Gasteiger charge is -2.27. The highest BCUT2D eigenvalue weighted by Gasteiger charge is 2.58. The molecule has 0 spiro atoms. The highest BCUT2D eigenvalue weighted by Crippen LogP contribution is 2.63. The molecule has 0 radical (unpaired) electrons. The number of thiol groups is 1. The number of nitrogens with two attached hydrogens (primary N) is 6. The molecule has 9 aliphatic heterocycles. The van der Waals surface area contributed by atoms with Crippen LogP contribution in [0.15, 0.2) is 57.4 Å². The van der Waals surface area contributed by atoms with E-state index >= 15 is 8.78 Å². The van der Waals surface area contributed by atoms with Crippen molar-refractivity contribution in [2.24, 2.45) is 0 Å². The van der Waals surface area contributed by atoms with Crippen LogP contribution in [0, 0.1) is 0 Å². The molecule has 59 nitrogen and oxygen atoms in total. The zero-order valence-corrected chi connectivity index (χ0v) is 79.3. The number of H-pyrrole nitrogens is 3. The summed E-state index contributed by atoms with van der Waals surface area (Å²) in [6, 6.07) is 4.60. The Hall–Kier alpha value is -6.82. The Labute approximate surface area is 785 Å². The second-order valence-corrected chi connectivity index (χ2v) is 51.0. The number of fused-ring (bicyclic) bond motifs is 15. The fourth-order valence-electron chi connectivity index (χ4n) is 15.4. The van der Waals surface area contributed by atoms with Gasteiger partial charge >= 0.3 is 40.4 Å². The van der Waals surface area contributed by atoms with Crippen LogP contribution < -0.4 is 51.1 Å². The minimum absolute atomic E-state index is 0.00637. The zero-order valence-electron chi connectivity index (χ0n) is 66.5. The third kappa shape index (κ3) is 18.9. The fourth-order valence-corrected chi connectivity index (χ4v) is 29.0. The number of thioether (sulfide) groups is 3. The molecule has 0 aromatic carbocycles. The van der Waals surface area contributed by atoms with Crippen LogP contribution in [0.4, 0.5) is 43.7 Å². The second kappa shape index (κ2) is 37.0. The number of anilines is 6. The number of ether oxygens (including phenoxy) is 3. The number of imidazole rings is 1. The van der Waals surface area contributed by atoms with Crippen LogP contribution in [0.2, 0.25) is 0 Å². The normalized spacial score (nSPS) is 37.3. The van der Waals surface area contributed by atoms with Gasteiger partial charge in [-0.05, 0) is 77.2 Å². The van der Waals surface area contributed by atoms with Crippen LogP contribution in [0.1, 0.15) is 46.8 Å². The first-order valence-corrected chi connectivity index (χ1v) is 57.0. The summed E-state index contributed by atoms with van der Waals surface area (Å²) in [6.07, 6.45) is -17.5. The number of hydrogen-bond acceptors (Lipinski definition) is 53. The van der Waals surface area contributed by atoms with E-state index in [9.17, 15) is 58.7 Å². The molecule has 76 heteroatoms. The summed E-state index contributed by atoms with van der Waals surface area (Å²) in [5.74, 6) is -0.631. The number of alkyl halides is 2. The Balaban J connectivity index is 0.000000129. The van der Waals surface area contributed by atoms with E-state index in [1.54, 1.807) is 12.3 Å². The van der Waals surface area contributed by atoms with E-state index in [2.05, 4.69) is 114 Å². The molecule has 9 fully saturated rings. The summed E-state index contributed by atoms with van der Waals surface area (Å²) < 4.78 is 138. The number of aromatic nitrogens is 26. The van der Waals surface area contributed by atoms with Gasteiger partial charge in [0.15, 0.2) is 86.3 Å². The molecule has 134 heavy (non-hydrogen) atoms. The van der Waals surface area contributed by atoms with Crippen molar-refractivity contribution in [3.05, 3.63) is 79.7 Å². The van der Waals surface area contributed by atoms with Gasteiger partial charge < -0.3 is 116 Å². The highest BCUT2D eigenvalue weighted by molar-refractivity contribution is 8.44. The van der Waals surface area contributed by atoms with Crippen LogP contribution in [-0.2, 0) is 132 Å². The first-order valence-electron chi connectivity index (χ1n) is 38.5. The molecule has 29 atom stereocenters. The Morgan fingerprint density at radius 3 is 1.21 bits per heavy atom. The number of hydrogen-bond donors (Lipinski definition) is 18. The van der Waals surface area contributed by atoms with Crippen LogP contribution in [0.3, 0.4) is 0 Å². The number of rotatable bonds is 6. The summed E-state index contributed by atoms with van der Waals surface area (Å²) in [4.78, 5) is 124. The van der Waals surface area contributed by atoms with E-state index in [0.717, 1.165) is 49.3 Å². The molecule has 720 valence electrons. The fraction of sp³-hybridized carbons (Fsp3) is 0.517. The summed E-state index contributed by atoms with van der Waals surface area (Å²) >= 11 is 33.4. The zero-order chi connectivity index (χ0) is 94.6. The Kier molecular flexibility index (Phi) is 26.5. The van der Waals surface area contributed by atoms with Crippen LogP contribution in [-0.4, -0.2) is 310 Å². The number of aromatic amines is 3. The molecule has 6 bridgehead atoms. The number of pyridine rings is 2. The topological polar surface area (TPSA) is 820 Å². The van der Waals surface area contributed by atoms with Crippen LogP contribution in [0.5, 0.6) is 0 Å². The molecule has 0 saturated carbocycles. The Bertz CT molecular complexity index is 6840. The van der Waals surface area contributed by atoms with Crippen LogP contribution >= 0.6 is 87.9 Å². The van der Waals surface area contributed by atoms with Gasteiger partial charge in [-0.15, -0.1) is 60.8 Å². The van der Waals surface area contributed by atoms with Crippen molar-refractivity contribution in [3.63, 3.8) is 0 Å². The number of halogens is 2.